The summed E-state index contributed by atoms with van der Waals surface area (Å²) in [6.07, 6.45) is 7.33. The van der Waals surface area contributed by atoms with Crippen molar-refractivity contribution in [2.24, 2.45) is 35.0 Å². The quantitative estimate of drug-likeness (QED) is 0.0803. The summed E-state index contributed by atoms with van der Waals surface area (Å²) in [6.45, 7) is 4.20. The van der Waals surface area contributed by atoms with Gasteiger partial charge in [0.1, 0.15) is 30.8 Å². The minimum Gasteiger partial charge on any atom is -0.492 e. The first-order valence-corrected chi connectivity index (χ1v) is 23.4. The molecule has 4 aromatic rings. The van der Waals surface area contributed by atoms with E-state index in [1.807, 2.05) is 24.3 Å². The minimum absolute atomic E-state index is 0. The molecule has 16 heteroatoms. The van der Waals surface area contributed by atoms with Gasteiger partial charge in [-0.25, -0.2) is 9.97 Å². The van der Waals surface area contributed by atoms with Crippen molar-refractivity contribution in [3.8, 4) is 40.1 Å². The summed E-state index contributed by atoms with van der Waals surface area (Å²) in [5.74, 6) is -1.91. The summed E-state index contributed by atoms with van der Waals surface area (Å²) >= 11 is 0. The molecule has 0 unspecified atom stereocenters. The predicted octanol–water partition coefficient (Wildman–Crippen LogP) is 5.89. The van der Waals surface area contributed by atoms with Crippen LogP contribution in [0.1, 0.15) is 103 Å². The lowest BCUT2D eigenvalue weighted by molar-refractivity contribution is -0.142. The molecule has 3 aromatic carbocycles. The summed E-state index contributed by atoms with van der Waals surface area (Å²) in [6, 6.07) is 18.5. The molecule has 0 spiro atoms. The Morgan fingerprint density at radius 3 is 2.21 bits per heavy atom. The molecular formula is C52H66N8O7S. The lowest BCUT2D eigenvalue weighted by Crippen LogP contribution is -2.46. The van der Waals surface area contributed by atoms with E-state index in [4.69, 9.17) is 31.7 Å². The van der Waals surface area contributed by atoms with E-state index in [0.717, 1.165) is 17.9 Å². The van der Waals surface area contributed by atoms with Gasteiger partial charge in [-0.15, -0.1) is 0 Å². The fourth-order valence-electron chi connectivity index (χ4n) is 9.19. The zero-order valence-electron chi connectivity index (χ0n) is 39.4. The molecular weight excluding hydrogens is 881 g/mol. The van der Waals surface area contributed by atoms with Crippen molar-refractivity contribution in [2.75, 3.05) is 39.9 Å². The van der Waals surface area contributed by atoms with Gasteiger partial charge in [0.2, 0.25) is 11.8 Å². The standard InChI is InChI=1S/C52H64N8O7.H2S/c1-32-25-46(63)49(60(3)52(65)39(18-20-54)30-45(62)42-31-57-50(58-33(42)2)37-13-10-35(11-14-37)26-34-7-4-5-8-34)38-15-17-48(67-24-22-56)41(29-38)40-27-36(12-16-47(40)66-23-21-55)28-43(59-51(32)64)44(61)9-6-19-53;/h10-17,27,29,31-32,34,39,43,49H,4-9,18,20-26,28,30,54-56H2,1-3H3,(H,59,64);1H2/t32-,39-,43+,49+;/m1./s1. The van der Waals surface area contributed by atoms with Crippen molar-refractivity contribution >= 4 is 42.7 Å². The van der Waals surface area contributed by atoms with Crippen LogP contribution in [0, 0.1) is 36.0 Å². The highest BCUT2D eigenvalue weighted by atomic mass is 32.1. The number of rotatable bonds is 19. The number of carbonyl (C=O) groups excluding carboxylic acids is 5. The van der Waals surface area contributed by atoms with Crippen molar-refractivity contribution in [1.29, 1.82) is 5.26 Å². The van der Waals surface area contributed by atoms with Crippen molar-refractivity contribution < 1.29 is 33.4 Å². The second-order valence-corrected chi connectivity index (χ2v) is 17.8. The molecule has 2 heterocycles. The molecule has 4 bridgehead atoms. The van der Waals surface area contributed by atoms with Gasteiger partial charge in [0.15, 0.2) is 23.2 Å². The van der Waals surface area contributed by atoms with Crippen molar-refractivity contribution in [2.45, 2.75) is 96.6 Å². The number of ether oxygens (including phenoxy) is 2. The van der Waals surface area contributed by atoms with Crippen molar-refractivity contribution in [3.63, 3.8) is 0 Å². The largest absolute Gasteiger partial charge is 0.492 e. The maximum absolute atomic E-state index is 14.8. The average Bonchev–Trinajstić information content (AvgIpc) is 3.84. The molecule has 1 aliphatic carbocycles. The van der Waals surface area contributed by atoms with Crippen LogP contribution in [0.3, 0.4) is 0 Å². The number of nitrogens with two attached hydrogens (primary N) is 3. The van der Waals surface area contributed by atoms with E-state index in [9.17, 15) is 29.2 Å². The second kappa shape index (κ2) is 25.4. The number of likely N-dealkylation sites (N-methyl/N-ethyl adjacent to an activating group) is 1. The van der Waals surface area contributed by atoms with Crippen molar-refractivity contribution in [1.82, 2.24) is 20.2 Å². The smallest absolute Gasteiger partial charge is 0.226 e. The van der Waals surface area contributed by atoms with Gasteiger partial charge >= 0.3 is 0 Å². The van der Waals surface area contributed by atoms with Gasteiger partial charge in [-0.1, -0.05) is 69.0 Å². The zero-order valence-corrected chi connectivity index (χ0v) is 40.4. The number of aryl methyl sites for hydroxylation is 1. The Morgan fingerprint density at radius 2 is 1.57 bits per heavy atom. The fourth-order valence-corrected chi connectivity index (χ4v) is 9.19. The maximum Gasteiger partial charge on any atom is 0.226 e. The number of fused-ring (bicyclic) bond motifs is 5. The average molecular weight is 947 g/mol. The number of aromatic nitrogens is 2. The zero-order chi connectivity index (χ0) is 48.0. The van der Waals surface area contributed by atoms with E-state index in [1.165, 1.54) is 49.4 Å². The number of nitrogens with one attached hydrogen (secondary N) is 1. The number of nitrogens with zero attached hydrogens (tertiary/aromatic N) is 4. The van der Waals surface area contributed by atoms with Gasteiger partial charge in [-0.05, 0) is 79.6 Å². The molecule has 7 N–H and O–H groups in total. The number of carbonyl (C=O) groups is 5. The molecule has 0 radical (unpaired) electrons. The molecule has 4 atom stereocenters. The van der Waals surface area contributed by atoms with Gasteiger partial charge in [-0.2, -0.15) is 18.8 Å². The summed E-state index contributed by atoms with van der Waals surface area (Å²) < 4.78 is 12.3. The van der Waals surface area contributed by atoms with E-state index >= 15 is 0 Å². The highest BCUT2D eigenvalue weighted by Gasteiger charge is 2.36. The number of amides is 2. The van der Waals surface area contributed by atoms with Crippen LogP contribution in [0.25, 0.3) is 22.5 Å². The maximum atomic E-state index is 14.8. The summed E-state index contributed by atoms with van der Waals surface area (Å²) in [5.41, 5.74) is 22.8. The molecule has 1 aromatic heterocycles. The molecule has 1 aliphatic heterocycles. The van der Waals surface area contributed by atoms with E-state index < -0.39 is 41.5 Å². The monoisotopic (exact) mass is 946 g/mol. The van der Waals surface area contributed by atoms with E-state index in [0.29, 0.717) is 45.3 Å². The molecule has 6 rings (SSSR count). The first-order valence-electron chi connectivity index (χ1n) is 23.4. The topological polar surface area (TPSA) is 247 Å². The molecule has 2 aliphatic rings. The molecule has 0 saturated heterocycles. The van der Waals surface area contributed by atoms with Gasteiger partial charge in [0, 0.05) is 80.5 Å². The molecule has 1 fully saturated rings. The third-order valence-electron chi connectivity index (χ3n) is 12.8. The highest BCUT2D eigenvalue weighted by molar-refractivity contribution is 7.59. The summed E-state index contributed by atoms with van der Waals surface area (Å²) in [5, 5.41) is 12.1. The fraction of sp³-hybridized carbons (Fsp3) is 0.462. The van der Waals surface area contributed by atoms with Crippen molar-refractivity contribution in [3.05, 3.63) is 94.8 Å². The van der Waals surface area contributed by atoms with Gasteiger partial charge in [0.05, 0.1) is 23.4 Å². The predicted molar refractivity (Wildman–Crippen MR) is 265 cm³/mol. The number of ketones is 3. The van der Waals surface area contributed by atoms with Gasteiger partial charge < -0.3 is 36.9 Å². The van der Waals surface area contributed by atoms with Gasteiger partial charge in [-0.3, -0.25) is 24.0 Å². The Kier molecular flexibility index (Phi) is 19.8. The van der Waals surface area contributed by atoms with Crippen LogP contribution in [0.2, 0.25) is 0 Å². The van der Waals surface area contributed by atoms with E-state index in [-0.39, 0.29) is 102 Å². The summed E-state index contributed by atoms with van der Waals surface area (Å²) in [4.78, 5) is 81.5. The Morgan fingerprint density at radius 1 is 0.912 bits per heavy atom. The van der Waals surface area contributed by atoms with Crippen LogP contribution in [-0.2, 0) is 32.0 Å². The van der Waals surface area contributed by atoms with Crippen LogP contribution in [-0.4, -0.2) is 90.0 Å². The van der Waals surface area contributed by atoms with Crippen LogP contribution in [0.4, 0.5) is 0 Å². The molecule has 68 heavy (non-hydrogen) atoms. The molecule has 1 saturated carbocycles. The van der Waals surface area contributed by atoms with E-state index in [1.54, 1.807) is 44.2 Å². The summed E-state index contributed by atoms with van der Waals surface area (Å²) in [7, 11) is 1.51. The first-order chi connectivity index (χ1) is 32.3. The molecule has 2 amide bonds. The lowest BCUT2D eigenvalue weighted by Gasteiger charge is -2.32. The number of Topliss-reactive ketones (excluding diaryl/α,β-unsaturated/α-hetero) is 3. The van der Waals surface area contributed by atoms with Crippen LogP contribution in [0.15, 0.2) is 66.9 Å². The van der Waals surface area contributed by atoms with E-state index in [2.05, 4.69) is 22.4 Å². The van der Waals surface area contributed by atoms with Gasteiger partial charge in [0.25, 0.3) is 0 Å². The number of benzene rings is 3. The normalized spacial score (nSPS) is 17.8. The number of hydrogen-bond acceptors (Lipinski definition) is 13. The number of nitriles is 1. The lowest BCUT2D eigenvalue weighted by atomic mass is 9.88. The third-order valence-corrected chi connectivity index (χ3v) is 12.8. The molecule has 362 valence electrons. The Bertz CT molecular complexity index is 2450. The number of hydrogen-bond donors (Lipinski definition) is 4. The Hall–Kier alpha value is -5.99. The third kappa shape index (κ3) is 13.4. The minimum atomic E-state index is -1.23. The highest BCUT2D eigenvalue weighted by Crippen LogP contribution is 2.41. The van der Waals surface area contributed by atoms with Crippen LogP contribution >= 0.6 is 13.5 Å². The van der Waals surface area contributed by atoms with Crippen LogP contribution in [0.5, 0.6) is 11.5 Å². The Balaban J connectivity index is 0.00000864. The second-order valence-electron chi connectivity index (χ2n) is 17.8. The first kappa shape index (κ1) is 53.0. The van der Waals surface area contributed by atoms with Crippen LogP contribution < -0.4 is 32.0 Å². The molecule has 15 nitrogen and oxygen atoms in total. The SMILES string of the molecule is Cc1nc(-c2ccc(CC3CCCC3)cc2)ncc1C(=O)C[C@@H](CCN)C(=O)N(C)[C@@H]1C(=O)C[C@@H](C)C(=O)N[C@H](C(=O)CCC#N)Cc2ccc(OCCN)c(c2)-c2cc1ccc2OCCN.S. The Labute approximate surface area is 406 Å².